The summed E-state index contributed by atoms with van der Waals surface area (Å²) in [5, 5.41) is 9.31. The molecule has 1 rings (SSSR count). The Kier molecular flexibility index (Phi) is 4.90. The Hall–Kier alpha value is -0.0800. The van der Waals surface area contributed by atoms with Gasteiger partial charge in [0.2, 0.25) is 0 Å². The second kappa shape index (κ2) is 5.72. The Morgan fingerprint density at radius 2 is 1.86 bits per heavy atom. The minimum Gasteiger partial charge on any atom is -0.393 e. The van der Waals surface area contributed by atoms with E-state index in [2.05, 4.69) is 18.9 Å². The number of nitrogens with zero attached hydrogens (tertiary/aromatic N) is 1. The maximum Gasteiger partial charge on any atom is 0.0526 e. The highest BCUT2D eigenvalue weighted by Crippen LogP contribution is 2.25. The first kappa shape index (κ1) is 12.0. The molecule has 0 radical (unpaired) electrons. The number of rotatable bonds is 5. The van der Waals surface area contributed by atoms with E-state index in [0.29, 0.717) is 6.04 Å². The van der Waals surface area contributed by atoms with Crippen molar-refractivity contribution < 1.29 is 5.11 Å². The van der Waals surface area contributed by atoms with Crippen LogP contribution in [0.1, 0.15) is 46.0 Å². The van der Waals surface area contributed by atoms with Crippen molar-refractivity contribution >= 4 is 0 Å². The first-order valence-corrected chi connectivity index (χ1v) is 5.98. The lowest BCUT2D eigenvalue weighted by atomic mass is 10.1. The SMILES string of the molecule is CC(O)CC(C)N(C)CC1CCCC1. The minimum absolute atomic E-state index is 0.170. The van der Waals surface area contributed by atoms with Crippen molar-refractivity contribution in [1.82, 2.24) is 4.90 Å². The topological polar surface area (TPSA) is 23.5 Å². The van der Waals surface area contributed by atoms with Gasteiger partial charge >= 0.3 is 0 Å². The molecular weight excluding hydrogens is 174 g/mol. The minimum atomic E-state index is -0.170. The molecule has 0 heterocycles. The van der Waals surface area contributed by atoms with Gasteiger partial charge in [0.25, 0.3) is 0 Å². The van der Waals surface area contributed by atoms with Crippen LogP contribution in [0, 0.1) is 5.92 Å². The number of aliphatic hydroxyl groups is 1. The van der Waals surface area contributed by atoms with Crippen molar-refractivity contribution in [1.29, 1.82) is 0 Å². The summed E-state index contributed by atoms with van der Waals surface area (Å²) in [6, 6.07) is 0.510. The monoisotopic (exact) mass is 199 g/mol. The predicted molar refractivity (Wildman–Crippen MR) is 60.3 cm³/mol. The maximum atomic E-state index is 9.31. The fourth-order valence-electron chi connectivity index (χ4n) is 2.45. The lowest BCUT2D eigenvalue weighted by Crippen LogP contribution is -2.35. The molecule has 1 aliphatic rings. The Morgan fingerprint density at radius 3 is 2.36 bits per heavy atom. The predicted octanol–water partition coefficient (Wildman–Crippen LogP) is 2.27. The van der Waals surface area contributed by atoms with Crippen molar-refractivity contribution in [3.63, 3.8) is 0 Å². The third-order valence-electron chi connectivity index (χ3n) is 3.46. The van der Waals surface area contributed by atoms with E-state index in [9.17, 15) is 5.11 Å². The van der Waals surface area contributed by atoms with Gasteiger partial charge in [-0.2, -0.15) is 0 Å². The molecule has 1 aliphatic carbocycles. The molecule has 2 nitrogen and oxygen atoms in total. The summed E-state index contributed by atoms with van der Waals surface area (Å²) < 4.78 is 0. The van der Waals surface area contributed by atoms with E-state index in [1.807, 2.05) is 6.92 Å². The summed E-state index contributed by atoms with van der Waals surface area (Å²) in [6.07, 6.45) is 6.38. The molecule has 0 saturated heterocycles. The van der Waals surface area contributed by atoms with Crippen molar-refractivity contribution in [2.75, 3.05) is 13.6 Å². The van der Waals surface area contributed by atoms with E-state index in [0.717, 1.165) is 12.3 Å². The van der Waals surface area contributed by atoms with Crippen LogP contribution in [0.2, 0.25) is 0 Å². The molecule has 2 unspecified atom stereocenters. The van der Waals surface area contributed by atoms with Gasteiger partial charge < -0.3 is 10.0 Å². The van der Waals surface area contributed by atoms with Crippen molar-refractivity contribution in [2.24, 2.45) is 5.92 Å². The van der Waals surface area contributed by atoms with Gasteiger partial charge in [0.1, 0.15) is 0 Å². The first-order chi connectivity index (χ1) is 6.59. The highest BCUT2D eigenvalue weighted by molar-refractivity contribution is 4.74. The quantitative estimate of drug-likeness (QED) is 0.734. The average Bonchev–Trinajstić information content (AvgIpc) is 2.55. The van der Waals surface area contributed by atoms with Gasteiger partial charge in [-0.05, 0) is 46.1 Å². The molecule has 0 aliphatic heterocycles. The Labute approximate surface area is 88.3 Å². The van der Waals surface area contributed by atoms with Gasteiger partial charge in [-0.1, -0.05) is 12.8 Å². The lowest BCUT2D eigenvalue weighted by molar-refractivity contribution is 0.125. The van der Waals surface area contributed by atoms with Crippen LogP contribution in [-0.4, -0.2) is 35.7 Å². The lowest BCUT2D eigenvalue weighted by Gasteiger charge is -2.28. The molecule has 0 aromatic carbocycles. The Balaban J connectivity index is 2.21. The van der Waals surface area contributed by atoms with Crippen LogP contribution >= 0.6 is 0 Å². The third-order valence-corrected chi connectivity index (χ3v) is 3.46. The van der Waals surface area contributed by atoms with Crippen LogP contribution in [0.3, 0.4) is 0 Å². The molecule has 0 spiro atoms. The summed E-state index contributed by atoms with van der Waals surface area (Å²) in [6.45, 7) is 5.30. The van der Waals surface area contributed by atoms with E-state index in [1.165, 1.54) is 32.2 Å². The summed E-state index contributed by atoms with van der Waals surface area (Å²) in [5.41, 5.74) is 0. The Bertz CT molecular complexity index is 152. The van der Waals surface area contributed by atoms with E-state index < -0.39 is 0 Å². The van der Waals surface area contributed by atoms with Crippen molar-refractivity contribution in [3.8, 4) is 0 Å². The highest BCUT2D eigenvalue weighted by Gasteiger charge is 2.19. The molecule has 0 aromatic rings. The van der Waals surface area contributed by atoms with Crippen LogP contribution in [0.4, 0.5) is 0 Å². The van der Waals surface area contributed by atoms with Crippen LogP contribution in [-0.2, 0) is 0 Å². The molecule has 0 aromatic heterocycles. The van der Waals surface area contributed by atoms with Crippen LogP contribution in [0.15, 0.2) is 0 Å². The standard InChI is InChI=1S/C12H25NO/c1-10(8-11(2)14)13(3)9-12-6-4-5-7-12/h10-12,14H,4-9H2,1-3H3. The zero-order chi connectivity index (χ0) is 10.6. The summed E-state index contributed by atoms with van der Waals surface area (Å²) in [5.74, 6) is 0.913. The van der Waals surface area contributed by atoms with E-state index in [-0.39, 0.29) is 6.10 Å². The summed E-state index contributed by atoms with van der Waals surface area (Å²) >= 11 is 0. The molecule has 2 heteroatoms. The molecule has 0 amide bonds. The summed E-state index contributed by atoms with van der Waals surface area (Å²) in [4.78, 5) is 2.41. The average molecular weight is 199 g/mol. The van der Waals surface area contributed by atoms with Gasteiger partial charge in [-0.15, -0.1) is 0 Å². The number of hydrogen-bond acceptors (Lipinski definition) is 2. The fraction of sp³-hybridized carbons (Fsp3) is 1.00. The molecule has 1 saturated carbocycles. The third kappa shape index (κ3) is 3.97. The van der Waals surface area contributed by atoms with Gasteiger partial charge in [0.15, 0.2) is 0 Å². The van der Waals surface area contributed by atoms with Crippen molar-refractivity contribution in [3.05, 3.63) is 0 Å². The molecule has 0 bridgehead atoms. The summed E-state index contributed by atoms with van der Waals surface area (Å²) in [7, 11) is 2.19. The van der Waals surface area contributed by atoms with Crippen LogP contribution < -0.4 is 0 Å². The highest BCUT2D eigenvalue weighted by atomic mass is 16.3. The van der Waals surface area contributed by atoms with E-state index >= 15 is 0 Å². The number of aliphatic hydroxyl groups excluding tert-OH is 1. The maximum absolute atomic E-state index is 9.31. The second-order valence-corrected chi connectivity index (χ2v) is 5.02. The largest absolute Gasteiger partial charge is 0.393 e. The Morgan fingerprint density at radius 1 is 1.29 bits per heavy atom. The van der Waals surface area contributed by atoms with Gasteiger partial charge in [-0.3, -0.25) is 0 Å². The normalized spacial score (nSPS) is 22.9. The molecule has 14 heavy (non-hydrogen) atoms. The second-order valence-electron chi connectivity index (χ2n) is 5.02. The molecule has 84 valence electrons. The van der Waals surface area contributed by atoms with Crippen LogP contribution in [0.25, 0.3) is 0 Å². The zero-order valence-electron chi connectivity index (χ0n) is 9.87. The smallest absolute Gasteiger partial charge is 0.0526 e. The molecule has 1 fully saturated rings. The van der Waals surface area contributed by atoms with Gasteiger partial charge in [-0.25, -0.2) is 0 Å². The van der Waals surface area contributed by atoms with Crippen LogP contribution in [0.5, 0.6) is 0 Å². The van der Waals surface area contributed by atoms with E-state index in [4.69, 9.17) is 0 Å². The fourth-order valence-corrected chi connectivity index (χ4v) is 2.45. The molecular formula is C12H25NO. The van der Waals surface area contributed by atoms with Gasteiger partial charge in [0, 0.05) is 12.6 Å². The number of hydrogen-bond donors (Lipinski definition) is 1. The molecule has 2 atom stereocenters. The van der Waals surface area contributed by atoms with E-state index in [1.54, 1.807) is 0 Å². The molecule has 1 N–H and O–H groups in total. The van der Waals surface area contributed by atoms with Gasteiger partial charge in [0.05, 0.1) is 6.10 Å². The zero-order valence-corrected chi connectivity index (χ0v) is 9.87. The van der Waals surface area contributed by atoms with Crippen molar-refractivity contribution in [2.45, 2.75) is 58.1 Å². The first-order valence-electron chi connectivity index (χ1n) is 5.98.